The van der Waals surface area contributed by atoms with Gasteiger partial charge in [-0.25, -0.2) is 4.98 Å². The van der Waals surface area contributed by atoms with Crippen LogP contribution in [0.2, 0.25) is 0 Å². The van der Waals surface area contributed by atoms with Crippen LogP contribution in [0, 0.1) is 0 Å². The van der Waals surface area contributed by atoms with Gasteiger partial charge in [-0.3, -0.25) is 9.47 Å². The number of fused-ring (bicyclic) bond motifs is 11. The Morgan fingerprint density at radius 1 is 0.500 bits per heavy atom. The average molecular weight is 745 g/mol. The van der Waals surface area contributed by atoms with Crippen LogP contribution in [-0.2, 0) is 5.41 Å². The van der Waals surface area contributed by atoms with Gasteiger partial charge in [-0.15, -0.1) is 0 Å². The third-order valence-electron chi connectivity index (χ3n) is 12.2. The van der Waals surface area contributed by atoms with Crippen LogP contribution < -0.4 is 4.90 Å². The molecular formula is C53H36N4O. The molecule has 3 aromatic heterocycles. The Morgan fingerprint density at radius 3 is 2.05 bits per heavy atom. The Labute approximate surface area is 335 Å². The Morgan fingerprint density at radius 2 is 1.17 bits per heavy atom. The fourth-order valence-corrected chi connectivity index (χ4v) is 9.58. The minimum Gasteiger partial charge on any atom is -0.455 e. The van der Waals surface area contributed by atoms with E-state index in [1.807, 2.05) is 12.1 Å². The van der Waals surface area contributed by atoms with E-state index in [4.69, 9.17) is 14.4 Å². The molecule has 0 saturated heterocycles. The highest BCUT2D eigenvalue weighted by atomic mass is 16.3. The molecule has 0 radical (unpaired) electrons. The van der Waals surface area contributed by atoms with Crippen LogP contribution in [0.1, 0.15) is 25.0 Å². The maximum absolute atomic E-state index is 6.68. The van der Waals surface area contributed by atoms with Crippen LogP contribution in [0.4, 0.5) is 17.3 Å². The van der Waals surface area contributed by atoms with Gasteiger partial charge in [0.25, 0.3) is 0 Å². The molecule has 0 bridgehead atoms. The predicted molar refractivity (Wildman–Crippen MR) is 239 cm³/mol. The van der Waals surface area contributed by atoms with Crippen molar-refractivity contribution in [3.05, 3.63) is 193 Å². The van der Waals surface area contributed by atoms with Crippen LogP contribution in [0.25, 0.3) is 82.7 Å². The van der Waals surface area contributed by atoms with Crippen molar-refractivity contribution < 1.29 is 4.42 Å². The van der Waals surface area contributed by atoms with Gasteiger partial charge in [0.15, 0.2) is 5.82 Å². The van der Waals surface area contributed by atoms with Gasteiger partial charge in [0.1, 0.15) is 11.2 Å². The monoisotopic (exact) mass is 744 g/mol. The molecule has 0 saturated carbocycles. The summed E-state index contributed by atoms with van der Waals surface area (Å²) in [5.74, 6) is 1.39. The summed E-state index contributed by atoms with van der Waals surface area (Å²) in [5.41, 5.74) is 13.8. The molecule has 3 heterocycles. The number of nitrogens with zero attached hydrogens (tertiary/aromatic N) is 4. The lowest BCUT2D eigenvalue weighted by Crippen LogP contribution is -2.18. The van der Waals surface area contributed by atoms with Crippen molar-refractivity contribution in [1.82, 2.24) is 14.5 Å². The fraction of sp³-hybridized carbons (Fsp3) is 0.0566. The number of para-hydroxylation sites is 4. The van der Waals surface area contributed by atoms with Crippen molar-refractivity contribution in [2.75, 3.05) is 4.90 Å². The van der Waals surface area contributed by atoms with Gasteiger partial charge in [-0.05, 0) is 70.8 Å². The van der Waals surface area contributed by atoms with E-state index in [0.29, 0.717) is 5.95 Å². The van der Waals surface area contributed by atoms with E-state index in [1.165, 1.54) is 22.3 Å². The van der Waals surface area contributed by atoms with Crippen LogP contribution in [0.5, 0.6) is 0 Å². The summed E-state index contributed by atoms with van der Waals surface area (Å²) in [6.07, 6.45) is 0. The molecule has 1 aliphatic rings. The molecule has 5 heteroatoms. The van der Waals surface area contributed by atoms with Crippen molar-refractivity contribution >= 4 is 72.0 Å². The first-order valence-corrected chi connectivity index (χ1v) is 19.8. The van der Waals surface area contributed by atoms with Crippen LogP contribution in [-0.4, -0.2) is 14.5 Å². The number of benzene rings is 8. The molecular weight excluding hydrogens is 709 g/mol. The van der Waals surface area contributed by atoms with E-state index < -0.39 is 0 Å². The predicted octanol–water partition coefficient (Wildman–Crippen LogP) is 14.1. The molecule has 5 nitrogen and oxygen atoms in total. The summed E-state index contributed by atoms with van der Waals surface area (Å²) in [4.78, 5) is 13.5. The fourth-order valence-electron chi connectivity index (χ4n) is 9.58. The van der Waals surface area contributed by atoms with E-state index in [1.54, 1.807) is 0 Å². The van der Waals surface area contributed by atoms with Gasteiger partial charge < -0.3 is 4.42 Å². The quantitative estimate of drug-likeness (QED) is 0.176. The summed E-state index contributed by atoms with van der Waals surface area (Å²) in [5, 5.41) is 5.35. The third kappa shape index (κ3) is 4.58. The van der Waals surface area contributed by atoms with Crippen molar-refractivity contribution in [3.63, 3.8) is 0 Å². The van der Waals surface area contributed by atoms with E-state index >= 15 is 0 Å². The number of anilines is 3. The maximum Gasteiger partial charge on any atom is 0.237 e. The van der Waals surface area contributed by atoms with E-state index in [2.05, 4.69) is 193 Å². The van der Waals surface area contributed by atoms with Gasteiger partial charge in [0.2, 0.25) is 5.95 Å². The number of hydrogen-bond donors (Lipinski definition) is 0. The van der Waals surface area contributed by atoms with Gasteiger partial charge in [-0.1, -0.05) is 147 Å². The molecule has 0 fully saturated rings. The number of hydrogen-bond acceptors (Lipinski definition) is 4. The van der Waals surface area contributed by atoms with Gasteiger partial charge in [-0.2, -0.15) is 4.98 Å². The van der Waals surface area contributed by atoms with Crippen molar-refractivity contribution in [3.8, 4) is 28.1 Å². The van der Waals surface area contributed by atoms with Crippen molar-refractivity contribution in [1.29, 1.82) is 0 Å². The standard InChI is InChI=1S/C53H36N4O/c1-53(2)40-24-11-6-21-37(40)48-41(53)25-16-29-45(48)57(43-27-13-8-19-34(43)33-17-4-3-5-18-33)52-54-42-26-12-7-22-38(42)51(55-52)56-44-28-14-9-23-39(44)49-46(56)32-31-36-35-20-10-15-30-47(35)58-50(36)49/h3-32H,1-2H3. The largest absolute Gasteiger partial charge is 0.455 e. The molecule has 1 aliphatic carbocycles. The lowest BCUT2D eigenvalue weighted by Gasteiger charge is -2.29. The molecule has 58 heavy (non-hydrogen) atoms. The highest BCUT2D eigenvalue weighted by Gasteiger charge is 2.38. The van der Waals surface area contributed by atoms with Gasteiger partial charge >= 0.3 is 0 Å². The first kappa shape index (κ1) is 32.7. The molecule has 0 spiro atoms. The van der Waals surface area contributed by atoms with Gasteiger partial charge in [0, 0.05) is 38.1 Å². The zero-order valence-electron chi connectivity index (χ0n) is 32.0. The lowest BCUT2D eigenvalue weighted by atomic mass is 9.82. The van der Waals surface area contributed by atoms with Crippen LogP contribution in [0.15, 0.2) is 186 Å². The molecule has 0 unspecified atom stereocenters. The molecule has 0 atom stereocenters. The first-order valence-electron chi connectivity index (χ1n) is 19.8. The third-order valence-corrected chi connectivity index (χ3v) is 12.2. The summed E-state index contributed by atoms with van der Waals surface area (Å²) in [6.45, 7) is 4.66. The average Bonchev–Trinajstić information content (AvgIpc) is 3.90. The molecule has 0 amide bonds. The molecule has 0 N–H and O–H groups in total. The van der Waals surface area contributed by atoms with Crippen molar-refractivity contribution in [2.24, 2.45) is 0 Å². The SMILES string of the molecule is CC1(C)c2ccccc2-c2c(N(c3nc(-n4c5ccccc5c5c6oc7ccccc7c6ccc54)c4ccccc4n3)c3ccccc3-c3ccccc3)cccc21. The Balaban J connectivity index is 1.20. The summed E-state index contributed by atoms with van der Waals surface area (Å²) >= 11 is 0. The Hall–Kier alpha value is -7.50. The second kappa shape index (κ2) is 12.2. The molecule has 12 rings (SSSR count). The molecule has 274 valence electrons. The van der Waals surface area contributed by atoms with Crippen LogP contribution in [0.3, 0.4) is 0 Å². The van der Waals surface area contributed by atoms with Crippen LogP contribution >= 0.6 is 0 Å². The second-order valence-electron chi connectivity index (χ2n) is 15.7. The number of rotatable bonds is 5. The molecule has 0 aliphatic heterocycles. The summed E-state index contributed by atoms with van der Waals surface area (Å²) in [6, 6.07) is 64.4. The number of furan rings is 1. The minimum absolute atomic E-state index is 0.188. The van der Waals surface area contributed by atoms with Crippen molar-refractivity contribution in [2.45, 2.75) is 19.3 Å². The highest BCUT2D eigenvalue weighted by molar-refractivity contribution is 6.24. The van der Waals surface area contributed by atoms with E-state index in [0.717, 1.165) is 83.0 Å². The first-order chi connectivity index (χ1) is 28.6. The lowest BCUT2D eigenvalue weighted by molar-refractivity contribution is 0.660. The normalized spacial score (nSPS) is 13.1. The zero-order valence-corrected chi connectivity index (χ0v) is 32.0. The summed E-state index contributed by atoms with van der Waals surface area (Å²) in [7, 11) is 0. The Bertz CT molecular complexity index is 3450. The maximum atomic E-state index is 6.68. The second-order valence-corrected chi connectivity index (χ2v) is 15.7. The topological polar surface area (TPSA) is 47.1 Å². The number of aromatic nitrogens is 3. The highest BCUT2D eigenvalue weighted by Crippen LogP contribution is 2.55. The van der Waals surface area contributed by atoms with E-state index in [-0.39, 0.29) is 5.41 Å². The molecule has 8 aromatic carbocycles. The zero-order chi connectivity index (χ0) is 38.5. The van der Waals surface area contributed by atoms with Gasteiger partial charge in [0.05, 0.1) is 33.3 Å². The van der Waals surface area contributed by atoms with E-state index in [9.17, 15) is 0 Å². The minimum atomic E-state index is -0.188. The summed E-state index contributed by atoms with van der Waals surface area (Å²) < 4.78 is 8.98. The Kier molecular flexibility index (Phi) is 6.91. The smallest absolute Gasteiger partial charge is 0.237 e. The molecule has 11 aromatic rings.